The van der Waals surface area contributed by atoms with Gasteiger partial charge in [0.05, 0.1) is 0 Å². The van der Waals surface area contributed by atoms with Gasteiger partial charge < -0.3 is 0 Å². The summed E-state index contributed by atoms with van der Waals surface area (Å²) in [6, 6.07) is 8.08. The van der Waals surface area contributed by atoms with Crippen LogP contribution in [0.4, 0.5) is 4.39 Å². The Morgan fingerprint density at radius 1 is 0.909 bits per heavy atom. The van der Waals surface area contributed by atoms with Crippen LogP contribution in [-0.2, 0) is 12.8 Å². The lowest BCUT2D eigenvalue weighted by molar-refractivity contribution is 0.553. The number of aryl methyl sites for hydroxylation is 2. The molecule has 0 saturated heterocycles. The average Bonchev–Trinajstić information content (AvgIpc) is 2.54. The second-order valence-electron chi connectivity index (χ2n) is 5.77. The van der Waals surface area contributed by atoms with Gasteiger partial charge in [0.15, 0.2) is 5.82 Å². The van der Waals surface area contributed by atoms with E-state index in [1.807, 2.05) is 12.1 Å². The smallest absolute Gasteiger partial charge is 0.219 e. The third-order valence-corrected chi connectivity index (χ3v) is 3.86. The van der Waals surface area contributed by atoms with Crippen LogP contribution in [0.2, 0.25) is 0 Å². The molecule has 3 heteroatoms. The maximum atomic E-state index is 14.1. The van der Waals surface area contributed by atoms with Gasteiger partial charge in [-0.05, 0) is 24.8 Å². The first kappa shape index (κ1) is 16.6. The summed E-state index contributed by atoms with van der Waals surface area (Å²) < 4.78 is 14.1. The number of aromatic nitrogens is 2. The van der Waals surface area contributed by atoms with Crippen molar-refractivity contribution < 1.29 is 4.39 Å². The predicted molar refractivity (Wildman–Crippen MR) is 89.3 cm³/mol. The number of hydrogen-bond donors (Lipinski definition) is 0. The van der Waals surface area contributed by atoms with Crippen LogP contribution in [0.15, 0.2) is 30.5 Å². The minimum atomic E-state index is -0.376. The minimum absolute atomic E-state index is 0.376. The molecule has 1 aromatic heterocycles. The summed E-state index contributed by atoms with van der Waals surface area (Å²) in [5.41, 5.74) is 2.79. The second-order valence-corrected chi connectivity index (χ2v) is 5.77. The van der Waals surface area contributed by atoms with Gasteiger partial charge in [-0.3, -0.25) is 0 Å². The second kappa shape index (κ2) is 8.62. The molecule has 0 N–H and O–H groups in total. The molecular weight excluding hydrogens is 275 g/mol. The van der Waals surface area contributed by atoms with Gasteiger partial charge in [0.1, 0.15) is 0 Å². The van der Waals surface area contributed by atoms with Gasteiger partial charge in [0, 0.05) is 17.3 Å². The molecule has 1 heterocycles. The molecule has 2 aromatic rings. The molecule has 0 amide bonds. The summed E-state index contributed by atoms with van der Waals surface area (Å²) >= 11 is 0. The van der Waals surface area contributed by atoms with Gasteiger partial charge in [-0.15, -0.1) is 0 Å². The Morgan fingerprint density at radius 2 is 1.68 bits per heavy atom. The average molecular weight is 300 g/mol. The molecule has 0 aliphatic rings. The van der Waals surface area contributed by atoms with Crippen LogP contribution in [0.25, 0.3) is 11.4 Å². The highest BCUT2D eigenvalue weighted by atomic mass is 19.1. The zero-order valence-corrected chi connectivity index (χ0v) is 13.6. The SMILES string of the molecule is CCCCCCc1cnc(-c2ccc(CCC)cc2)nc1F. The number of rotatable bonds is 8. The van der Waals surface area contributed by atoms with Gasteiger partial charge in [-0.25, -0.2) is 4.98 Å². The van der Waals surface area contributed by atoms with E-state index in [9.17, 15) is 4.39 Å². The van der Waals surface area contributed by atoms with Crippen molar-refractivity contribution in [2.75, 3.05) is 0 Å². The van der Waals surface area contributed by atoms with Crippen molar-refractivity contribution >= 4 is 0 Å². The first-order valence-corrected chi connectivity index (χ1v) is 8.35. The summed E-state index contributed by atoms with van der Waals surface area (Å²) in [6.45, 7) is 4.33. The molecule has 0 aliphatic carbocycles. The Morgan fingerprint density at radius 3 is 2.32 bits per heavy atom. The lowest BCUT2D eigenvalue weighted by atomic mass is 10.1. The maximum Gasteiger partial charge on any atom is 0.219 e. The van der Waals surface area contributed by atoms with Crippen LogP contribution in [0.1, 0.15) is 57.1 Å². The highest BCUT2D eigenvalue weighted by Gasteiger charge is 2.08. The quantitative estimate of drug-likeness (QED) is 0.484. The Hall–Kier alpha value is -1.77. The molecule has 0 spiro atoms. The van der Waals surface area contributed by atoms with Crippen LogP contribution in [0.3, 0.4) is 0 Å². The van der Waals surface area contributed by atoms with Crippen LogP contribution < -0.4 is 0 Å². The van der Waals surface area contributed by atoms with Gasteiger partial charge in [-0.2, -0.15) is 9.37 Å². The molecule has 118 valence electrons. The van der Waals surface area contributed by atoms with E-state index in [1.54, 1.807) is 6.20 Å². The van der Waals surface area contributed by atoms with E-state index in [4.69, 9.17) is 0 Å². The topological polar surface area (TPSA) is 25.8 Å². The van der Waals surface area contributed by atoms with Crippen molar-refractivity contribution in [3.63, 3.8) is 0 Å². The van der Waals surface area contributed by atoms with E-state index in [-0.39, 0.29) is 5.95 Å². The largest absolute Gasteiger partial charge is 0.236 e. The molecule has 2 rings (SSSR count). The Bertz CT molecular complexity index is 578. The molecule has 0 radical (unpaired) electrons. The number of halogens is 1. The van der Waals surface area contributed by atoms with Gasteiger partial charge in [0.25, 0.3) is 0 Å². The normalized spacial score (nSPS) is 10.9. The van der Waals surface area contributed by atoms with Crippen LogP contribution in [0.5, 0.6) is 0 Å². The standard InChI is InChI=1S/C19H25FN2/c1-3-5-6-7-9-17-14-21-19(22-18(17)20)16-12-10-15(8-4-2)11-13-16/h10-14H,3-9H2,1-2H3. The van der Waals surface area contributed by atoms with Gasteiger partial charge >= 0.3 is 0 Å². The van der Waals surface area contributed by atoms with E-state index in [2.05, 4.69) is 35.9 Å². The zero-order chi connectivity index (χ0) is 15.8. The van der Waals surface area contributed by atoms with E-state index < -0.39 is 0 Å². The van der Waals surface area contributed by atoms with Crippen molar-refractivity contribution in [1.29, 1.82) is 0 Å². The van der Waals surface area contributed by atoms with Crippen LogP contribution >= 0.6 is 0 Å². The lowest BCUT2D eigenvalue weighted by Gasteiger charge is -2.06. The van der Waals surface area contributed by atoms with E-state index in [0.717, 1.165) is 37.7 Å². The number of unbranched alkanes of at least 4 members (excludes halogenated alkanes) is 3. The Kier molecular flexibility index (Phi) is 6.50. The van der Waals surface area contributed by atoms with Crippen molar-refractivity contribution in [2.24, 2.45) is 0 Å². The first-order valence-electron chi connectivity index (χ1n) is 8.35. The molecule has 0 saturated carbocycles. The van der Waals surface area contributed by atoms with Crippen LogP contribution in [0, 0.1) is 5.95 Å². The van der Waals surface area contributed by atoms with Gasteiger partial charge in [-0.1, -0.05) is 63.8 Å². The van der Waals surface area contributed by atoms with Crippen LogP contribution in [-0.4, -0.2) is 9.97 Å². The van der Waals surface area contributed by atoms with E-state index in [0.29, 0.717) is 11.4 Å². The molecule has 0 unspecified atom stereocenters. The summed E-state index contributed by atoms with van der Waals surface area (Å²) in [5, 5.41) is 0. The molecule has 0 atom stereocenters. The lowest BCUT2D eigenvalue weighted by Crippen LogP contribution is -1.99. The molecule has 0 aliphatic heterocycles. The number of nitrogens with zero attached hydrogens (tertiary/aromatic N) is 2. The molecule has 0 bridgehead atoms. The fourth-order valence-corrected chi connectivity index (χ4v) is 2.54. The molecular formula is C19H25FN2. The van der Waals surface area contributed by atoms with Crippen molar-refractivity contribution in [3.8, 4) is 11.4 Å². The highest BCUT2D eigenvalue weighted by Crippen LogP contribution is 2.18. The van der Waals surface area contributed by atoms with Crippen molar-refractivity contribution in [2.45, 2.75) is 58.8 Å². The molecule has 2 nitrogen and oxygen atoms in total. The molecule has 0 fully saturated rings. The summed E-state index contributed by atoms with van der Waals surface area (Å²) in [6.07, 6.45) is 9.07. The molecule has 22 heavy (non-hydrogen) atoms. The zero-order valence-electron chi connectivity index (χ0n) is 13.6. The predicted octanol–water partition coefficient (Wildman–Crippen LogP) is 5.36. The number of hydrogen-bond acceptors (Lipinski definition) is 2. The maximum absolute atomic E-state index is 14.1. The summed E-state index contributed by atoms with van der Waals surface area (Å²) in [4.78, 5) is 8.37. The number of benzene rings is 1. The van der Waals surface area contributed by atoms with E-state index >= 15 is 0 Å². The Balaban J connectivity index is 2.04. The molecule has 1 aromatic carbocycles. The fraction of sp³-hybridized carbons (Fsp3) is 0.474. The van der Waals surface area contributed by atoms with Crippen molar-refractivity contribution in [1.82, 2.24) is 9.97 Å². The van der Waals surface area contributed by atoms with Gasteiger partial charge in [0.2, 0.25) is 5.95 Å². The third kappa shape index (κ3) is 4.62. The monoisotopic (exact) mass is 300 g/mol. The Labute approximate surface area is 132 Å². The third-order valence-electron chi connectivity index (χ3n) is 3.86. The van der Waals surface area contributed by atoms with E-state index in [1.165, 1.54) is 18.4 Å². The summed E-state index contributed by atoms with van der Waals surface area (Å²) in [7, 11) is 0. The summed E-state index contributed by atoms with van der Waals surface area (Å²) in [5.74, 6) is 0.0944. The van der Waals surface area contributed by atoms with Crippen molar-refractivity contribution in [3.05, 3.63) is 47.5 Å². The first-order chi connectivity index (χ1) is 10.7. The fourth-order valence-electron chi connectivity index (χ4n) is 2.54. The minimum Gasteiger partial charge on any atom is -0.236 e. The highest BCUT2D eigenvalue weighted by molar-refractivity contribution is 5.55.